The van der Waals surface area contributed by atoms with Crippen LogP contribution in [0.1, 0.15) is 45.2 Å². The number of para-hydroxylation sites is 2. The second-order valence-corrected chi connectivity index (χ2v) is 16.8. The number of fused-ring (bicyclic) bond motifs is 7. The van der Waals surface area contributed by atoms with E-state index in [9.17, 15) is 0 Å². The van der Waals surface area contributed by atoms with Crippen molar-refractivity contribution in [3.8, 4) is 16.8 Å². The van der Waals surface area contributed by atoms with Gasteiger partial charge in [-0.05, 0) is 112 Å². The normalized spacial score (nSPS) is 14.8. The molecule has 2 aromatic heterocycles. The van der Waals surface area contributed by atoms with Crippen LogP contribution in [-0.2, 0) is 10.8 Å². The molecule has 0 bridgehead atoms. The van der Waals surface area contributed by atoms with Crippen LogP contribution >= 0.6 is 11.3 Å². The summed E-state index contributed by atoms with van der Waals surface area (Å²) in [5, 5.41) is 5.18. The molecule has 0 atom stereocenters. The number of nitrogens with zero attached hydrogens (tertiary/aromatic N) is 2. The molecule has 9 aromatic rings. The minimum Gasteiger partial charge on any atom is -0.310 e. The van der Waals surface area contributed by atoms with Gasteiger partial charge in [0.2, 0.25) is 0 Å². The van der Waals surface area contributed by atoms with Crippen LogP contribution in [0.15, 0.2) is 158 Å². The van der Waals surface area contributed by atoms with Crippen molar-refractivity contribution in [3.05, 3.63) is 169 Å². The SMILES string of the molecule is CC1(C)CC(C)(C)c2cc(-n3c4ccccc4c4cc(-c5cccc(N(c6ccccc6)c6ccc7c(c6)sc6ccccc67)c5)ccc43)ccc21. The van der Waals surface area contributed by atoms with Crippen molar-refractivity contribution >= 4 is 70.4 Å². The molecule has 2 heterocycles. The summed E-state index contributed by atoms with van der Waals surface area (Å²) in [5.41, 5.74) is 12.8. The highest BCUT2D eigenvalue weighted by molar-refractivity contribution is 7.25. The molecule has 3 heteroatoms. The Morgan fingerprint density at radius 3 is 2.00 bits per heavy atom. The number of hydrogen-bond acceptors (Lipinski definition) is 2. The molecular weight excluding hydrogens is 649 g/mol. The molecule has 0 aliphatic heterocycles. The minimum absolute atomic E-state index is 0.142. The molecule has 7 aromatic carbocycles. The van der Waals surface area contributed by atoms with E-state index in [0.717, 1.165) is 23.5 Å². The molecule has 0 radical (unpaired) electrons. The Morgan fingerprint density at radius 1 is 0.462 bits per heavy atom. The quantitative estimate of drug-likeness (QED) is 0.175. The number of thiophene rings is 1. The molecule has 0 N–H and O–H groups in total. The van der Waals surface area contributed by atoms with E-state index in [1.165, 1.54) is 69.9 Å². The van der Waals surface area contributed by atoms with Crippen LogP contribution in [0.5, 0.6) is 0 Å². The van der Waals surface area contributed by atoms with Crippen molar-refractivity contribution in [3.63, 3.8) is 0 Å². The largest absolute Gasteiger partial charge is 0.310 e. The molecule has 0 fully saturated rings. The first-order valence-corrected chi connectivity index (χ1v) is 19.1. The lowest BCUT2D eigenvalue weighted by molar-refractivity contribution is 0.403. The lowest BCUT2D eigenvalue weighted by atomic mass is 9.82. The fourth-order valence-electron chi connectivity index (χ4n) is 9.25. The van der Waals surface area contributed by atoms with Crippen LogP contribution in [0.3, 0.4) is 0 Å². The summed E-state index contributed by atoms with van der Waals surface area (Å²) in [5.74, 6) is 0. The first-order valence-electron chi connectivity index (χ1n) is 18.3. The molecule has 0 amide bonds. The summed E-state index contributed by atoms with van der Waals surface area (Å²) in [6.45, 7) is 9.58. The van der Waals surface area contributed by atoms with Gasteiger partial charge in [-0.2, -0.15) is 0 Å². The maximum absolute atomic E-state index is 2.47. The van der Waals surface area contributed by atoms with Gasteiger partial charge in [-0.25, -0.2) is 0 Å². The third-order valence-electron chi connectivity index (χ3n) is 11.3. The summed E-state index contributed by atoms with van der Waals surface area (Å²) in [7, 11) is 0. The molecule has 252 valence electrons. The lowest BCUT2D eigenvalue weighted by Gasteiger charge is -2.26. The van der Waals surface area contributed by atoms with Gasteiger partial charge >= 0.3 is 0 Å². The first kappa shape index (κ1) is 31.1. The highest BCUT2D eigenvalue weighted by Crippen LogP contribution is 2.50. The third kappa shape index (κ3) is 4.83. The topological polar surface area (TPSA) is 8.17 Å². The van der Waals surface area contributed by atoms with Crippen molar-refractivity contribution in [1.82, 2.24) is 4.57 Å². The molecular formula is C49H40N2S. The minimum atomic E-state index is 0.142. The van der Waals surface area contributed by atoms with E-state index < -0.39 is 0 Å². The van der Waals surface area contributed by atoms with Gasteiger partial charge in [0, 0.05) is 53.7 Å². The predicted octanol–water partition coefficient (Wildman–Crippen LogP) is 14.2. The molecule has 0 unspecified atom stereocenters. The summed E-state index contributed by atoms with van der Waals surface area (Å²) in [6.07, 6.45) is 1.16. The van der Waals surface area contributed by atoms with E-state index in [4.69, 9.17) is 0 Å². The second-order valence-electron chi connectivity index (χ2n) is 15.8. The average molecular weight is 689 g/mol. The van der Waals surface area contributed by atoms with Gasteiger partial charge in [0.25, 0.3) is 0 Å². The van der Waals surface area contributed by atoms with Gasteiger partial charge in [-0.3, -0.25) is 0 Å². The van der Waals surface area contributed by atoms with E-state index in [0.29, 0.717) is 0 Å². The molecule has 1 aliphatic carbocycles. The molecule has 0 spiro atoms. The first-order chi connectivity index (χ1) is 25.2. The van der Waals surface area contributed by atoms with Gasteiger partial charge in [0.05, 0.1) is 11.0 Å². The Kier molecular flexibility index (Phi) is 6.84. The Labute approximate surface area is 309 Å². The van der Waals surface area contributed by atoms with E-state index in [1.54, 1.807) is 0 Å². The Balaban J connectivity index is 1.10. The number of anilines is 3. The predicted molar refractivity (Wildman–Crippen MR) is 224 cm³/mol. The van der Waals surface area contributed by atoms with Crippen LogP contribution in [0.2, 0.25) is 0 Å². The number of rotatable bonds is 5. The van der Waals surface area contributed by atoms with Gasteiger partial charge in [0.1, 0.15) is 0 Å². The molecule has 10 rings (SSSR count). The fraction of sp³-hybridized carbons (Fsp3) is 0.143. The van der Waals surface area contributed by atoms with Crippen molar-refractivity contribution in [1.29, 1.82) is 0 Å². The van der Waals surface area contributed by atoms with E-state index in [-0.39, 0.29) is 10.8 Å². The molecule has 1 aliphatic rings. The van der Waals surface area contributed by atoms with Crippen molar-refractivity contribution < 1.29 is 0 Å². The third-order valence-corrected chi connectivity index (χ3v) is 12.5. The standard InChI is InChI=1S/C49H40N2S/c1-48(2)31-49(3,4)43-29-36(23-25-42(43)48)51-44-19-10-8-17-38(44)41-28-33(21-26-45(41)51)32-13-12-16-35(27-32)50(34-14-6-5-7-15-34)37-22-24-40-39-18-9-11-20-46(39)52-47(40)30-37/h5-30H,31H2,1-4H3. The zero-order valence-corrected chi connectivity index (χ0v) is 30.8. The molecule has 2 nitrogen and oxygen atoms in total. The summed E-state index contributed by atoms with van der Waals surface area (Å²) in [4.78, 5) is 2.38. The zero-order valence-electron chi connectivity index (χ0n) is 30.0. The van der Waals surface area contributed by atoms with Gasteiger partial charge in [0.15, 0.2) is 0 Å². The van der Waals surface area contributed by atoms with E-state index >= 15 is 0 Å². The number of hydrogen-bond donors (Lipinski definition) is 0. The zero-order chi connectivity index (χ0) is 35.2. The lowest BCUT2D eigenvalue weighted by Crippen LogP contribution is -2.18. The van der Waals surface area contributed by atoms with Crippen molar-refractivity contribution in [2.24, 2.45) is 0 Å². The Hall–Kier alpha value is -5.64. The highest BCUT2D eigenvalue weighted by atomic mass is 32.1. The van der Waals surface area contributed by atoms with Gasteiger partial charge in [-0.1, -0.05) is 113 Å². The Bertz CT molecular complexity index is 2830. The smallest absolute Gasteiger partial charge is 0.0541 e. The van der Waals surface area contributed by atoms with Crippen LogP contribution in [0, 0.1) is 0 Å². The van der Waals surface area contributed by atoms with Crippen LogP contribution in [0.25, 0.3) is 58.8 Å². The monoisotopic (exact) mass is 688 g/mol. The van der Waals surface area contributed by atoms with Gasteiger partial charge in [-0.15, -0.1) is 11.3 Å². The number of aromatic nitrogens is 1. The molecule has 0 saturated carbocycles. The van der Waals surface area contributed by atoms with Gasteiger partial charge < -0.3 is 9.47 Å². The average Bonchev–Trinajstić information content (AvgIpc) is 3.76. The van der Waals surface area contributed by atoms with Crippen LogP contribution in [0.4, 0.5) is 17.1 Å². The number of benzene rings is 7. The summed E-state index contributed by atoms with van der Waals surface area (Å²) in [6, 6.07) is 58.4. The fourth-order valence-corrected chi connectivity index (χ4v) is 10.4. The molecule has 0 saturated heterocycles. The summed E-state index contributed by atoms with van der Waals surface area (Å²) >= 11 is 1.86. The maximum Gasteiger partial charge on any atom is 0.0541 e. The second kappa shape index (κ2) is 11.4. The van der Waals surface area contributed by atoms with Crippen LogP contribution in [-0.4, -0.2) is 4.57 Å². The molecule has 52 heavy (non-hydrogen) atoms. The van der Waals surface area contributed by atoms with Crippen molar-refractivity contribution in [2.75, 3.05) is 4.90 Å². The van der Waals surface area contributed by atoms with E-state index in [2.05, 4.69) is 195 Å². The Morgan fingerprint density at radius 2 is 1.13 bits per heavy atom. The van der Waals surface area contributed by atoms with Crippen molar-refractivity contribution in [2.45, 2.75) is 44.9 Å². The summed E-state index contributed by atoms with van der Waals surface area (Å²) < 4.78 is 5.09. The van der Waals surface area contributed by atoms with E-state index in [1.807, 2.05) is 11.3 Å². The highest BCUT2D eigenvalue weighted by Gasteiger charge is 2.41. The maximum atomic E-state index is 2.47. The van der Waals surface area contributed by atoms with Crippen LogP contribution < -0.4 is 4.90 Å².